The minimum absolute atomic E-state index is 0.189. The Balaban J connectivity index is 2.06. The van der Waals surface area contributed by atoms with Crippen molar-refractivity contribution in [3.05, 3.63) is 64.7 Å². The molecule has 0 spiro atoms. The van der Waals surface area contributed by atoms with E-state index < -0.39 is 0 Å². The molecule has 108 valence electrons. The molecule has 3 rings (SSSR count). The van der Waals surface area contributed by atoms with Gasteiger partial charge in [0, 0.05) is 0 Å². The molecule has 2 aromatic carbocycles. The van der Waals surface area contributed by atoms with Crippen LogP contribution in [0.3, 0.4) is 0 Å². The SMILES string of the molecule is COc1c(C(=O)C2(c3ccccc3)CC2)ccc(C)c1C. The van der Waals surface area contributed by atoms with Crippen LogP contribution in [0.15, 0.2) is 42.5 Å². The van der Waals surface area contributed by atoms with E-state index in [0.717, 1.165) is 35.3 Å². The molecule has 0 aromatic heterocycles. The normalized spacial score (nSPS) is 15.6. The number of Topliss-reactive ketones (excluding diaryl/α,β-unsaturated/α-hetero) is 1. The number of aryl methyl sites for hydroxylation is 1. The first kappa shape index (κ1) is 13.9. The first-order valence-corrected chi connectivity index (χ1v) is 7.34. The summed E-state index contributed by atoms with van der Waals surface area (Å²) in [7, 11) is 1.64. The van der Waals surface area contributed by atoms with Crippen molar-refractivity contribution >= 4 is 5.78 Å². The van der Waals surface area contributed by atoms with E-state index in [1.165, 1.54) is 0 Å². The molecule has 21 heavy (non-hydrogen) atoms. The smallest absolute Gasteiger partial charge is 0.177 e. The van der Waals surface area contributed by atoms with E-state index in [4.69, 9.17) is 4.74 Å². The Hall–Kier alpha value is -2.09. The molecular formula is C19H20O2. The largest absolute Gasteiger partial charge is 0.496 e. The van der Waals surface area contributed by atoms with E-state index in [2.05, 4.69) is 12.1 Å². The predicted molar refractivity (Wildman–Crippen MR) is 84.2 cm³/mol. The van der Waals surface area contributed by atoms with E-state index in [1.807, 2.05) is 44.2 Å². The number of benzene rings is 2. The molecule has 0 aliphatic heterocycles. The van der Waals surface area contributed by atoms with Crippen LogP contribution >= 0.6 is 0 Å². The summed E-state index contributed by atoms with van der Waals surface area (Å²) < 4.78 is 5.52. The number of ketones is 1. The maximum absolute atomic E-state index is 13.1. The molecule has 1 aliphatic carbocycles. The number of methoxy groups -OCH3 is 1. The first-order valence-electron chi connectivity index (χ1n) is 7.34. The van der Waals surface area contributed by atoms with Crippen LogP contribution in [0, 0.1) is 13.8 Å². The van der Waals surface area contributed by atoms with Crippen LogP contribution in [0.4, 0.5) is 0 Å². The summed E-state index contributed by atoms with van der Waals surface area (Å²) >= 11 is 0. The second-order valence-electron chi connectivity index (χ2n) is 5.87. The summed E-state index contributed by atoms with van der Waals surface area (Å²) in [5, 5.41) is 0. The highest BCUT2D eigenvalue weighted by Gasteiger charge is 2.51. The summed E-state index contributed by atoms with van der Waals surface area (Å²) in [6, 6.07) is 14.0. The first-order chi connectivity index (χ1) is 10.1. The summed E-state index contributed by atoms with van der Waals surface area (Å²) in [4.78, 5) is 13.1. The average Bonchev–Trinajstić information content (AvgIpc) is 3.32. The molecule has 0 radical (unpaired) electrons. The number of ether oxygens (including phenoxy) is 1. The third-order valence-corrected chi connectivity index (χ3v) is 4.64. The van der Waals surface area contributed by atoms with Gasteiger partial charge in [0.25, 0.3) is 0 Å². The highest BCUT2D eigenvalue weighted by Crippen LogP contribution is 2.51. The van der Waals surface area contributed by atoms with Crippen LogP contribution in [0.2, 0.25) is 0 Å². The van der Waals surface area contributed by atoms with Crippen LogP contribution in [0.5, 0.6) is 5.75 Å². The summed E-state index contributed by atoms with van der Waals surface area (Å²) in [6.45, 7) is 4.04. The van der Waals surface area contributed by atoms with Gasteiger partial charge in [0.1, 0.15) is 5.75 Å². The number of hydrogen-bond acceptors (Lipinski definition) is 2. The third kappa shape index (κ3) is 2.15. The lowest BCUT2D eigenvalue weighted by Gasteiger charge is -2.18. The average molecular weight is 280 g/mol. The zero-order chi connectivity index (χ0) is 15.0. The summed E-state index contributed by atoms with van der Waals surface area (Å²) in [5.41, 5.74) is 3.69. The van der Waals surface area contributed by atoms with Crippen LogP contribution in [0.1, 0.15) is 39.9 Å². The van der Waals surface area contributed by atoms with Gasteiger partial charge in [0.05, 0.1) is 18.1 Å². The lowest BCUT2D eigenvalue weighted by Crippen LogP contribution is -2.21. The van der Waals surface area contributed by atoms with Crippen molar-refractivity contribution in [2.24, 2.45) is 0 Å². The minimum Gasteiger partial charge on any atom is -0.496 e. The van der Waals surface area contributed by atoms with Crippen molar-refractivity contribution in [2.45, 2.75) is 32.1 Å². The van der Waals surface area contributed by atoms with Gasteiger partial charge in [-0.2, -0.15) is 0 Å². The molecule has 0 saturated heterocycles. The van der Waals surface area contributed by atoms with Crippen molar-refractivity contribution in [1.82, 2.24) is 0 Å². The molecule has 0 N–H and O–H groups in total. The van der Waals surface area contributed by atoms with Crippen LogP contribution in [-0.4, -0.2) is 12.9 Å². The Morgan fingerprint density at radius 3 is 2.29 bits per heavy atom. The fraction of sp³-hybridized carbons (Fsp3) is 0.316. The van der Waals surface area contributed by atoms with Gasteiger partial charge in [-0.15, -0.1) is 0 Å². The standard InChI is InChI=1S/C19H20O2/c1-13-9-10-16(17(21-3)14(13)2)18(20)19(11-12-19)15-7-5-4-6-8-15/h4-10H,11-12H2,1-3H3. The number of carbonyl (C=O) groups is 1. The van der Waals surface area contributed by atoms with Crippen molar-refractivity contribution in [3.8, 4) is 5.75 Å². The number of carbonyl (C=O) groups excluding carboxylic acids is 1. The van der Waals surface area contributed by atoms with Crippen molar-refractivity contribution in [1.29, 1.82) is 0 Å². The molecule has 2 heteroatoms. The molecular weight excluding hydrogens is 260 g/mol. The fourth-order valence-corrected chi connectivity index (χ4v) is 3.02. The van der Waals surface area contributed by atoms with Crippen LogP contribution in [0.25, 0.3) is 0 Å². The molecule has 0 amide bonds. The molecule has 1 fully saturated rings. The monoisotopic (exact) mass is 280 g/mol. The second kappa shape index (κ2) is 5.03. The molecule has 2 aromatic rings. The molecule has 1 saturated carbocycles. The molecule has 0 unspecified atom stereocenters. The lowest BCUT2D eigenvalue weighted by atomic mass is 9.86. The molecule has 1 aliphatic rings. The topological polar surface area (TPSA) is 26.3 Å². The van der Waals surface area contributed by atoms with Crippen LogP contribution in [-0.2, 0) is 5.41 Å². The number of rotatable bonds is 4. The Kier molecular flexibility index (Phi) is 3.32. The lowest BCUT2D eigenvalue weighted by molar-refractivity contribution is 0.0943. The van der Waals surface area contributed by atoms with E-state index >= 15 is 0 Å². The van der Waals surface area contributed by atoms with E-state index in [1.54, 1.807) is 7.11 Å². The van der Waals surface area contributed by atoms with Gasteiger partial charge in [0.15, 0.2) is 5.78 Å². The van der Waals surface area contributed by atoms with Gasteiger partial charge in [-0.25, -0.2) is 0 Å². The van der Waals surface area contributed by atoms with Gasteiger partial charge < -0.3 is 4.74 Å². The summed E-state index contributed by atoms with van der Waals surface area (Å²) in [5.74, 6) is 0.913. The second-order valence-corrected chi connectivity index (χ2v) is 5.87. The summed E-state index contributed by atoms with van der Waals surface area (Å²) in [6.07, 6.45) is 1.85. The fourth-order valence-electron chi connectivity index (χ4n) is 3.02. The Bertz CT molecular complexity index is 682. The Morgan fingerprint density at radius 2 is 1.71 bits per heavy atom. The van der Waals surface area contributed by atoms with Crippen molar-refractivity contribution in [3.63, 3.8) is 0 Å². The van der Waals surface area contributed by atoms with Gasteiger partial charge in [0.2, 0.25) is 0 Å². The van der Waals surface area contributed by atoms with Gasteiger partial charge >= 0.3 is 0 Å². The van der Waals surface area contributed by atoms with Gasteiger partial charge in [-0.05, 0) is 49.4 Å². The highest BCUT2D eigenvalue weighted by molar-refractivity contribution is 6.08. The van der Waals surface area contributed by atoms with Crippen LogP contribution < -0.4 is 4.74 Å². The van der Waals surface area contributed by atoms with E-state index in [-0.39, 0.29) is 11.2 Å². The maximum Gasteiger partial charge on any atom is 0.177 e. The number of hydrogen-bond donors (Lipinski definition) is 0. The van der Waals surface area contributed by atoms with Crippen molar-refractivity contribution < 1.29 is 9.53 Å². The molecule has 0 heterocycles. The molecule has 2 nitrogen and oxygen atoms in total. The minimum atomic E-state index is -0.337. The zero-order valence-corrected chi connectivity index (χ0v) is 12.8. The van der Waals surface area contributed by atoms with E-state index in [0.29, 0.717) is 5.56 Å². The molecule has 0 bridgehead atoms. The van der Waals surface area contributed by atoms with E-state index in [9.17, 15) is 4.79 Å². The zero-order valence-electron chi connectivity index (χ0n) is 12.8. The predicted octanol–water partition coefficient (Wildman–Crippen LogP) is 4.23. The highest BCUT2D eigenvalue weighted by atomic mass is 16.5. The molecule has 0 atom stereocenters. The Labute approximate surface area is 125 Å². The third-order valence-electron chi connectivity index (χ3n) is 4.64. The quantitative estimate of drug-likeness (QED) is 0.784. The Morgan fingerprint density at radius 1 is 1.05 bits per heavy atom. The van der Waals surface area contributed by atoms with Crippen molar-refractivity contribution in [2.75, 3.05) is 7.11 Å². The van der Waals surface area contributed by atoms with Gasteiger partial charge in [-0.1, -0.05) is 36.4 Å². The maximum atomic E-state index is 13.1. The van der Waals surface area contributed by atoms with Gasteiger partial charge in [-0.3, -0.25) is 4.79 Å².